The summed E-state index contributed by atoms with van der Waals surface area (Å²) in [5.41, 5.74) is 1.64. The summed E-state index contributed by atoms with van der Waals surface area (Å²) in [5, 5.41) is 6.33. The molecule has 1 aliphatic heterocycles. The van der Waals surface area contributed by atoms with E-state index in [9.17, 15) is 4.79 Å². The highest BCUT2D eigenvalue weighted by Crippen LogP contribution is 2.18. The molecule has 1 atom stereocenters. The molecule has 2 N–H and O–H groups in total. The number of amides is 1. The summed E-state index contributed by atoms with van der Waals surface area (Å²) >= 11 is 0. The van der Waals surface area contributed by atoms with Gasteiger partial charge >= 0.3 is 0 Å². The summed E-state index contributed by atoms with van der Waals surface area (Å²) < 4.78 is 0. The fraction of sp³-hybridized carbons (Fsp3) is 0.588. The van der Waals surface area contributed by atoms with E-state index in [0.29, 0.717) is 12.0 Å². The van der Waals surface area contributed by atoms with Crippen molar-refractivity contribution in [3.05, 3.63) is 29.8 Å². The van der Waals surface area contributed by atoms with Crippen molar-refractivity contribution in [2.75, 3.05) is 31.5 Å². The van der Waals surface area contributed by atoms with Gasteiger partial charge in [0.15, 0.2) is 0 Å². The third-order valence-electron chi connectivity index (χ3n) is 4.14. The minimum Gasteiger partial charge on any atom is -0.385 e. The molecule has 1 aromatic rings. The van der Waals surface area contributed by atoms with Crippen molar-refractivity contribution >= 4 is 11.6 Å². The van der Waals surface area contributed by atoms with Crippen LogP contribution in [-0.4, -0.2) is 43.0 Å². The maximum absolute atomic E-state index is 12.3. The molecule has 1 heterocycles. The van der Waals surface area contributed by atoms with Gasteiger partial charge in [-0.2, -0.15) is 0 Å². The van der Waals surface area contributed by atoms with Crippen molar-refractivity contribution in [2.24, 2.45) is 5.92 Å². The number of para-hydroxylation sites is 1. The molecule has 1 fully saturated rings. The van der Waals surface area contributed by atoms with Crippen LogP contribution in [0.3, 0.4) is 0 Å². The van der Waals surface area contributed by atoms with Crippen LogP contribution in [0.15, 0.2) is 24.3 Å². The Labute approximate surface area is 127 Å². The highest BCUT2D eigenvalue weighted by Gasteiger charge is 2.24. The highest BCUT2D eigenvalue weighted by atomic mass is 16.1. The molecule has 0 radical (unpaired) electrons. The first-order valence-electron chi connectivity index (χ1n) is 7.97. The van der Waals surface area contributed by atoms with Crippen LogP contribution >= 0.6 is 0 Å². The third-order valence-corrected chi connectivity index (χ3v) is 4.14. The normalized spacial score (nSPS) is 19.0. The van der Waals surface area contributed by atoms with Gasteiger partial charge in [0.1, 0.15) is 0 Å². The lowest BCUT2D eigenvalue weighted by Gasteiger charge is -2.20. The van der Waals surface area contributed by atoms with Crippen LogP contribution in [0.25, 0.3) is 0 Å². The summed E-state index contributed by atoms with van der Waals surface area (Å²) in [4.78, 5) is 14.8. The predicted molar refractivity (Wildman–Crippen MR) is 87.8 cm³/mol. The number of anilines is 1. The Kier molecular flexibility index (Phi) is 5.62. The summed E-state index contributed by atoms with van der Waals surface area (Å²) in [6.07, 6.45) is 1.17. The molecule has 0 saturated carbocycles. The average molecular weight is 289 g/mol. The Morgan fingerprint density at radius 2 is 2.14 bits per heavy atom. The van der Waals surface area contributed by atoms with Gasteiger partial charge < -0.3 is 15.5 Å². The van der Waals surface area contributed by atoms with Crippen LogP contribution in [0.1, 0.15) is 37.6 Å². The lowest BCUT2D eigenvalue weighted by Crippen LogP contribution is -2.33. The van der Waals surface area contributed by atoms with Gasteiger partial charge in [0, 0.05) is 31.4 Å². The van der Waals surface area contributed by atoms with Gasteiger partial charge in [-0.3, -0.25) is 4.79 Å². The van der Waals surface area contributed by atoms with Crippen LogP contribution < -0.4 is 10.6 Å². The Bertz CT molecular complexity index is 473. The van der Waals surface area contributed by atoms with Gasteiger partial charge in [0.05, 0.1) is 5.56 Å². The van der Waals surface area contributed by atoms with Crippen LogP contribution in [0, 0.1) is 5.92 Å². The summed E-state index contributed by atoms with van der Waals surface area (Å²) in [6.45, 7) is 10.3. The Balaban J connectivity index is 1.88. The molecule has 0 aromatic heterocycles. The van der Waals surface area contributed by atoms with Crippen LogP contribution in [-0.2, 0) is 0 Å². The summed E-state index contributed by atoms with van der Waals surface area (Å²) in [6, 6.07) is 8.29. The first kappa shape index (κ1) is 15.8. The molecule has 4 nitrogen and oxygen atoms in total. The van der Waals surface area contributed by atoms with Gasteiger partial charge in [-0.15, -0.1) is 0 Å². The zero-order valence-corrected chi connectivity index (χ0v) is 13.4. The highest BCUT2D eigenvalue weighted by molar-refractivity contribution is 5.99. The van der Waals surface area contributed by atoms with Gasteiger partial charge in [-0.05, 0) is 51.8 Å². The molecule has 1 unspecified atom stereocenters. The lowest BCUT2D eigenvalue weighted by atomic mass is 10.1. The van der Waals surface area contributed by atoms with E-state index in [1.54, 1.807) is 0 Å². The Morgan fingerprint density at radius 3 is 2.81 bits per heavy atom. The van der Waals surface area contributed by atoms with Crippen molar-refractivity contribution < 1.29 is 4.79 Å². The van der Waals surface area contributed by atoms with E-state index in [4.69, 9.17) is 0 Å². The number of carbonyl (C=O) groups excluding carboxylic acids is 1. The molecule has 116 valence electrons. The zero-order valence-electron chi connectivity index (χ0n) is 13.4. The first-order chi connectivity index (χ1) is 10.1. The standard InChI is InChI=1S/C17H27N3O/c1-4-18-16-8-6-5-7-15(16)17(21)19-11-14-9-10-20(12-14)13(2)3/h5-8,13-14,18H,4,9-12H2,1-3H3,(H,19,21). The van der Waals surface area contributed by atoms with Crippen molar-refractivity contribution in [1.29, 1.82) is 0 Å². The molecule has 1 saturated heterocycles. The topological polar surface area (TPSA) is 44.4 Å². The predicted octanol–water partition coefficient (Wildman–Crippen LogP) is 2.58. The van der Waals surface area contributed by atoms with Gasteiger partial charge in [-0.1, -0.05) is 12.1 Å². The molecule has 1 aliphatic rings. The largest absolute Gasteiger partial charge is 0.385 e. The molecule has 2 rings (SSSR count). The number of hydrogen-bond donors (Lipinski definition) is 2. The molecule has 4 heteroatoms. The van der Waals surface area contributed by atoms with E-state index in [0.717, 1.165) is 37.4 Å². The summed E-state index contributed by atoms with van der Waals surface area (Å²) in [7, 11) is 0. The minimum atomic E-state index is 0.0227. The second-order valence-corrected chi connectivity index (χ2v) is 6.03. The van der Waals surface area contributed by atoms with Crippen LogP contribution in [0.2, 0.25) is 0 Å². The molecule has 0 spiro atoms. The van der Waals surface area contributed by atoms with Crippen molar-refractivity contribution in [3.63, 3.8) is 0 Å². The molecule has 0 aliphatic carbocycles. The molecule has 1 aromatic carbocycles. The van der Waals surface area contributed by atoms with Crippen molar-refractivity contribution in [1.82, 2.24) is 10.2 Å². The summed E-state index contributed by atoms with van der Waals surface area (Å²) in [5.74, 6) is 0.595. The second-order valence-electron chi connectivity index (χ2n) is 6.03. The fourth-order valence-electron chi connectivity index (χ4n) is 2.86. The van der Waals surface area contributed by atoms with E-state index < -0.39 is 0 Å². The fourth-order valence-corrected chi connectivity index (χ4v) is 2.86. The van der Waals surface area contributed by atoms with Crippen LogP contribution in [0.5, 0.6) is 0 Å². The minimum absolute atomic E-state index is 0.0227. The lowest BCUT2D eigenvalue weighted by molar-refractivity contribution is 0.0948. The molecule has 21 heavy (non-hydrogen) atoms. The molecular formula is C17H27N3O. The van der Waals surface area contributed by atoms with E-state index in [-0.39, 0.29) is 5.91 Å². The number of benzene rings is 1. The van der Waals surface area contributed by atoms with Gasteiger partial charge in [-0.25, -0.2) is 0 Å². The van der Waals surface area contributed by atoms with E-state index in [1.807, 2.05) is 31.2 Å². The SMILES string of the molecule is CCNc1ccccc1C(=O)NCC1CCN(C(C)C)C1. The van der Waals surface area contributed by atoms with E-state index in [2.05, 4.69) is 29.4 Å². The number of hydrogen-bond acceptors (Lipinski definition) is 3. The monoisotopic (exact) mass is 289 g/mol. The second kappa shape index (κ2) is 7.46. The average Bonchev–Trinajstić information content (AvgIpc) is 2.95. The van der Waals surface area contributed by atoms with E-state index >= 15 is 0 Å². The third kappa shape index (κ3) is 4.21. The maximum Gasteiger partial charge on any atom is 0.253 e. The number of nitrogens with one attached hydrogen (secondary N) is 2. The number of likely N-dealkylation sites (tertiary alicyclic amines) is 1. The molecular weight excluding hydrogens is 262 g/mol. The van der Waals surface area contributed by atoms with E-state index in [1.165, 1.54) is 6.42 Å². The number of nitrogens with zero attached hydrogens (tertiary/aromatic N) is 1. The smallest absolute Gasteiger partial charge is 0.253 e. The Hall–Kier alpha value is -1.55. The van der Waals surface area contributed by atoms with Gasteiger partial charge in [0.2, 0.25) is 0 Å². The molecule has 1 amide bonds. The zero-order chi connectivity index (χ0) is 15.2. The van der Waals surface area contributed by atoms with Crippen LogP contribution in [0.4, 0.5) is 5.69 Å². The Morgan fingerprint density at radius 1 is 1.38 bits per heavy atom. The van der Waals surface area contributed by atoms with Crippen molar-refractivity contribution in [2.45, 2.75) is 33.2 Å². The first-order valence-corrected chi connectivity index (χ1v) is 7.97. The molecule has 0 bridgehead atoms. The maximum atomic E-state index is 12.3. The quantitative estimate of drug-likeness (QED) is 0.846. The number of carbonyl (C=O) groups is 1. The van der Waals surface area contributed by atoms with Crippen molar-refractivity contribution in [3.8, 4) is 0 Å². The number of rotatable bonds is 6. The van der Waals surface area contributed by atoms with Gasteiger partial charge in [0.25, 0.3) is 5.91 Å².